The molecule has 1 rings (SSSR count). The van der Waals surface area contributed by atoms with E-state index in [0.717, 1.165) is 19.6 Å². The zero-order chi connectivity index (χ0) is 8.10. The zero-order valence-electron chi connectivity index (χ0n) is 7.82. The van der Waals surface area contributed by atoms with Crippen molar-refractivity contribution in [1.29, 1.82) is 0 Å². The maximum absolute atomic E-state index is 9.24. The summed E-state index contributed by atoms with van der Waals surface area (Å²) < 4.78 is 0. The average molecular weight is 231 g/mol. The van der Waals surface area contributed by atoms with E-state index in [2.05, 4.69) is 4.90 Å². The van der Waals surface area contributed by atoms with Crippen LogP contribution >= 0.6 is 24.8 Å². The Labute approximate surface area is 92.5 Å². The van der Waals surface area contributed by atoms with Crippen LogP contribution in [0, 0.1) is 0 Å². The van der Waals surface area contributed by atoms with Crippen LogP contribution in [0.1, 0.15) is 19.3 Å². The first kappa shape index (κ1) is 15.9. The van der Waals surface area contributed by atoms with Gasteiger partial charge in [-0.25, -0.2) is 0 Å². The number of piperidine rings is 1. The molecule has 0 spiro atoms. The van der Waals surface area contributed by atoms with Gasteiger partial charge in [-0.3, -0.25) is 0 Å². The van der Waals surface area contributed by atoms with Crippen molar-refractivity contribution >= 4 is 24.8 Å². The van der Waals surface area contributed by atoms with Gasteiger partial charge in [-0.05, 0) is 25.9 Å². The molecule has 0 aliphatic carbocycles. The van der Waals surface area contributed by atoms with Crippen molar-refractivity contribution in [1.82, 2.24) is 4.90 Å². The lowest BCUT2D eigenvalue weighted by Gasteiger charge is -2.27. The number of hydrogen-bond acceptors (Lipinski definition) is 3. The van der Waals surface area contributed by atoms with Crippen molar-refractivity contribution in [3.05, 3.63) is 0 Å². The first-order chi connectivity index (χ1) is 5.33. The van der Waals surface area contributed by atoms with Gasteiger partial charge in [-0.2, -0.15) is 0 Å². The highest BCUT2D eigenvalue weighted by atomic mass is 35.5. The minimum Gasteiger partial charge on any atom is -0.390 e. The molecule has 1 unspecified atom stereocenters. The molecule has 13 heavy (non-hydrogen) atoms. The molecule has 82 valence electrons. The van der Waals surface area contributed by atoms with E-state index < -0.39 is 0 Å². The molecule has 0 bridgehead atoms. The molecule has 1 saturated heterocycles. The molecule has 1 heterocycles. The Morgan fingerprint density at radius 2 is 1.69 bits per heavy atom. The van der Waals surface area contributed by atoms with E-state index in [-0.39, 0.29) is 30.9 Å². The highest BCUT2D eigenvalue weighted by Gasteiger charge is 2.12. The third kappa shape index (κ3) is 6.52. The van der Waals surface area contributed by atoms with Gasteiger partial charge < -0.3 is 15.7 Å². The summed E-state index contributed by atoms with van der Waals surface area (Å²) in [6.45, 7) is 3.42. The second-order valence-corrected chi connectivity index (χ2v) is 3.25. The maximum Gasteiger partial charge on any atom is 0.0789 e. The van der Waals surface area contributed by atoms with Gasteiger partial charge in [-0.15, -0.1) is 24.8 Å². The SMILES string of the molecule is Cl.Cl.NCC(O)CN1CCCCC1. The van der Waals surface area contributed by atoms with Crippen LogP contribution in [0.2, 0.25) is 0 Å². The first-order valence-corrected chi connectivity index (χ1v) is 4.43. The molecule has 1 fully saturated rings. The standard InChI is InChI=1S/C8H18N2O.2ClH/c9-6-8(11)7-10-4-2-1-3-5-10;;/h8,11H,1-7,9H2;2*1H. The second kappa shape index (κ2) is 9.03. The van der Waals surface area contributed by atoms with E-state index in [1.165, 1.54) is 19.3 Å². The van der Waals surface area contributed by atoms with Crippen molar-refractivity contribution < 1.29 is 5.11 Å². The van der Waals surface area contributed by atoms with Crippen LogP contribution in [0.4, 0.5) is 0 Å². The van der Waals surface area contributed by atoms with E-state index in [1.54, 1.807) is 0 Å². The number of aliphatic hydroxyl groups is 1. The third-order valence-electron chi connectivity index (χ3n) is 2.19. The molecular formula is C8H20Cl2N2O. The van der Waals surface area contributed by atoms with Gasteiger partial charge >= 0.3 is 0 Å². The van der Waals surface area contributed by atoms with Crippen molar-refractivity contribution in [3.8, 4) is 0 Å². The average Bonchev–Trinajstić information content (AvgIpc) is 2.06. The summed E-state index contributed by atoms with van der Waals surface area (Å²) in [6.07, 6.45) is 3.57. The Balaban J connectivity index is 0. The lowest BCUT2D eigenvalue weighted by atomic mass is 10.1. The van der Waals surface area contributed by atoms with Crippen molar-refractivity contribution in [3.63, 3.8) is 0 Å². The van der Waals surface area contributed by atoms with Crippen molar-refractivity contribution in [2.75, 3.05) is 26.2 Å². The third-order valence-corrected chi connectivity index (χ3v) is 2.19. The number of halogens is 2. The summed E-state index contributed by atoms with van der Waals surface area (Å²) in [5.74, 6) is 0. The smallest absolute Gasteiger partial charge is 0.0789 e. The Kier molecular flexibility index (Phi) is 11.1. The normalized spacial score (nSPS) is 19.8. The Morgan fingerprint density at radius 1 is 1.15 bits per heavy atom. The number of nitrogens with zero attached hydrogens (tertiary/aromatic N) is 1. The molecule has 0 saturated carbocycles. The van der Waals surface area contributed by atoms with Gasteiger partial charge in [0.2, 0.25) is 0 Å². The van der Waals surface area contributed by atoms with Crippen LogP contribution < -0.4 is 5.73 Å². The Hall–Kier alpha value is 0.460. The lowest BCUT2D eigenvalue weighted by Crippen LogP contribution is -2.39. The Bertz CT molecular complexity index is 110. The topological polar surface area (TPSA) is 49.5 Å². The Morgan fingerprint density at radius 3 is 2.15 bits per heavy atom. The van der Waals surface area contributed by atoms with Crippen molar-refractivity contribution in [2.24, 2.45) is 5.73 Å². The van der Waals surface area contributed by atoms with E-state index in [4.69, 9.17) is 5.73 Å². The maximum atomic E-state index is 9.24. The predicted molar refractivity (Wildman–Crippen MR) is 59.8 cm³/mol. The van der Waals surface area contributed by atoms with E-state index in [0.29, 0.717) is 6.54 Å². The highest BCUT2D eigenvalue weighted by Crippen LogP contribution is 2.08. The molecule has 0 aromatic carbocycles. The van der Waals surface area contributed by atoms with Gasteiger partial charge in [0.25, 0.3) is 0 Å². The fourth-order valence-electron chi connectivity index (χ4n) is 1.51. The lowest BCUT2D eigenvalue weighted by molar-refractivity contribution is 0.107. The second-order valence-electron chi connectivity index (χ2n) is 3.25. The van der Waals surface area contributed by atoms with Crippen LogP contribution in [0.25, 0.3) is 0 Å². The summed E-state index contributed by atoms with van der Waals surface area (Å²) in [6, 6.07) is 0. The van der Waals surface area contributed by atoms with Crippen LogP contribution in [-0.2, 0) is 0 Å². The van der Waals surface area contributed by atoms with Crippen LogP contribution in [0.3, 0.4) is 0 Å². The summed E-state index contributed by atoms with van der Waals surface area (Å²) in [7, 11) is 0. The monoisotopic (exact) mass is 230 g/mol. The number of nitrogens with two attached hydrogens (primary N) is 1. The van der Waals surface area contributed by atoms with E-state index >= 15 is 0 Å². The molecule has 5 heteroatoms. The zero-order valence-corrected chi connectivity index (χ0v) is 9.45. The summed E-state index contributed by atoms with van der Waals surface area (Å²) in [5.41, 5.74) is 5.31. The molecule has 3 nitrogen and oxygen atoms in total. The number of hydrogen-bond donors (Lipinski definition) is 2. The number of likely N-dealkylation sites (tertiary alicyclic amines) is 1. The van der Waals surface area contributed by atoms with Gasteiger partial charge in [0.1, 0.15) is 0 Å². The fraction of sp³-hybridized carbons (Fsp3) is 1.00. The van der Waals surface area contributed by atoms with Crippen LogP contribution in [0.5, 0.6) is 0 Å². The molecule has 0 aromatic rings. The molecule has 1 atom stereocenters. The minimum absolute atomic E-state index is 0. The minimum atomic E-state index is -0.326. The highest BCUT2D eigenvalue weighted by molar-refractivity contribution is 5.85. The molecule has 0 aromatic heterocycles. The summed E-state index contributed by atoms with van der Waals surface area (Å²) >= 11 is 0. The number of aliphatic hydroxyl groups excluding tert-OH is 1. The van der Waals surface area contributed by atoms with Gasteiger partial charge in [-0.1, -0.05) is 6.42 Å². The molecule has 0 radical (unpaired) electrons. The first-order valence-electron chi connectivity index (χ1n) is 4.43. The molecular weight excluding hydrogens is 211 g/mol. The van der Waals surface area contributed by atoms with Gasteiger partial charge in [0, 0.05) is 13.1 Å². The van der Waals surface area contributed by atoms with Gasteiger partial charge in [0.15, 0.2) is 0 Å². The molecule has 1 aliphatic heterocycles. The van der Waals surface area contributed by atoms with E-state index in [1.807, 2.05) is 0 Å². The number of rotatable bonds is 3. The summed E-state index contributed by atoms with van der Waals surface area (Å²) in [4.78, 5) is 2.29. The fourth-order valence-corrected chi connectivity index (χ4v) is 1.51. The van der Waals surface area contributed by atoms with Crippen LogP contribution in [0.15, 0.2) is 0 Å². The van der Waals surface area contributed by atoms with Gasteiger partial charge in [0.05, 0.1) is 6.10 Å². The molecule has 0 amide bonds. The number of β-amino-alcohol motifs (C(OH)–C–C–N with tert-alkyl or cyclic N) is 1. The van der Waals surface area contributed by atoms with E-state index in [9.17, 15) is 5.11 Å². The quantitative estimate of drug-likeness (QED) is 0.749. The van der Waals surface area contributed by atoms with Crippen molar-refractivity contribution in [2.45, 2.75) is 25.4 Å². The summed E-state index contributed by atoms with van der Waals surface area (Å²) in [5, 5.41) is 9.24. The van der Waals surface area contributed by atoms with Crippen LogP contribution in [-0.4, -0.2) is 42.3 Å². The largest absolute Gasteiger partial charge is 0.390 e. The molecule has 3 N–H and O–H groups in total. The predicted octanol–water partition coefficient (Wildman–Crippen LogP) is 0.635. The molecule has 1 aliphatic rings.